The fourth-order valence-electron chi connectivity index (χ4n) is 1.76. The highest BCUT2D eigenvalue weighted by Gasteiger charge is 2.11. The zero-order valence-corrected chi connectivity index (χ0v) is 12.5. The molecule has 0 saturated heterocycles. The Labute approximate surface area is 120 Å². The van der Waals surface area contributed by atoms with Crippen LogP contribution in [0.2, 0.25) is 0 Å². The van der Waals surface area contributed by atoms with Crippen molar-refractivity contribution in [1.29, 1.82) is 0 Å². The number of nitrogens with zero attached hydrogens (tertiary/aromatic N) is 2. The molecule has 2 rings (SSSR count). The molecular weight excluding hydrogens is 310 g/mol. The summed E-state index contributed by atoms with van der Waals surface area (Å²) in [6, 6.07) is 5.83. The largest absolute Gasteiger partial charge is 0.466 e. The van der Waals surface area contributed by atoms with Crippen LogP contribution < -0.4 is 10.1 Å². The monoisotopic (exact) mass is 325 g/mol. The van der Waals surface area contributed by atoms with Gasteiger partial charge < -0.3 is 10.1 Å². The number of hydrogen-bond acceptors (Lipinski definition) is 3. The first-order valence-electron chi connectivity index (χ1n) is 6.13. The zero-order valence-electron chi connectivity index (χ0n) is 10.9. The number of halogens is 1. The van der Waals surface area contributed by atoms with Crippen LogP contribution in [0.15, 0.2) is 22.7 Å². The number of hydrogen-bond donors (Lipinski definition) is 1. The van der Waals surface area contributed by atoms with Crippen LogP contribution in [0.4, 0.5) is 0 Å². The zero-order chi connectivity index (χ0) is 13.8. The summed E-state index contributed by atoms with van der Waals surface area (Å²) < 4.78 is 8.18. The highest BCUT2D eigenvalue weighted by Crippen LogP contribution is 2.27. The van der Waals surface area contributed by atoms with Gasteiger partial charge in [-0.1, -0.05) is 22.9 Å². The number of carbonyl (C=O) groups is 1. The molecule has 6 heteroatoms. The van der Waals surface area contributed by atoms with Crippen molar-refractivity contribution in [2.75, 3.05) is 13.2 Å². The molecule has 0 saturated carbocycles. The van der Waals surface area contributed by atoms with Gasteiger partial charge in [-0.2, -0.15) is 0 Å². The molecule has 1 heterocycles. The molecule has 0 bridgehead atoms. The lowest BCUT2D eigenvalue weighted by molar-refractivity contribution is -0.123. The van der Waals surface area contributed by atoms with Crippen LogP contribution >= 0.6 is 15.9 Å². The predicted molar refractivity (Wildman–Crippen MR) is 77.2 cm³/mol. The van der Waals surface area contributed by atoms with E-state index in [1.807, 2.05) is 32.2 Å². The average molecular weight is 326 g/mol. The third kappa shape index (κ3) is 3.26. The topological polar surface area (TPSA) is 56.1 Å². The van der Waals surface area contributed by atoms with Gasteiger partial charge in [-0.3, -0.25) is 9.48 Å². The molecule has 0 aliphatic heterocycles. The summed E-state index contributed by atoms with van der Waals surface area (Å²) in [7, 11) is 1.85. The standard InChI is InChI=1S/C13H16BrN3O2/c1-3-6-15-12(18)8-19-13-10-7-9(14)4-5-11(10)17(2)16-13/h4-5,7H,3,6,8H2,1-2H3,(H,15,18). The third-order valence-corrected chi connectivity index (χ3v) is 3.18. The van der Waals surface area contributed by atoms with Crippen LogP contribution in [0.1, 0.15) is 13.3 Å². The lowest BCUT2D eigenvalue weighted by atomic mass is 10.2. The van der Waals surface area contributed by atoms with Gasteiger partial charge >= 0.3 is 0 Å². The smallest absolute Gasteiger partial charge is 0.258 e. The molecule has 0 aliphatic rings. The van der Waals surface area contributed by atoms with E-state index in [1.165, 1.54) is 0 Å². The summed E-state index contributed by atoms with van der Waals surface area (Å²) in [6.45, 7) is 2.65. The molecule has 1 aromatic carbocycles. The molecule has 2 aromatic rings. The summed E-state index contributed by atoms with van der Waals surface area (Å²) in [4.78, 5) is 11.5. The van der Waals surface area contributed by atoms with Crippen LogP contribution in [-0.4, -0.2) is 28.8 Å². The van der Waals surface area contributed by atoms with Gasteiger partial charge in [0.15, 0.2) is 6.61 Å². The molecular formula is C13H16BrN3O2. The third-order valence-electron chi connectivity index (χ3n) is 2.69. The van der Waals surface area contributed by atoms with Crippen molar-refractivity contribution in [3.05, 3.63) is 22.7 Å². The summed E-state index contributed by atoms with van der Waals surface area (Å²) in [5.74, 6) is 0.348. The molecule has 0 unspecified atom stereocenters. The van der Waals surface area contributed by atoms with Gasteiger partial charge in [-0.05, 0) is 24.6 Å². The van der Waals surface area contributed by atoms with Gasteiger partial charge in [0.25, 0.3) is 5.91 Å². The molecule has 1 aromatic heterocycles. The van der Waals surface area contributed by atoms with Crippen molar-refractivity contribution in [2.45, 2.75) is 13.3 Å². The van der Waals surface area contributed by atoms with E-state index in [9.17, 15) is 4.79 Å². The van der Waals surface area contributed by atoms with Gasteiger partial charge in [0.05, 0.1) is 10.9 Å². The molecule has 1 N–H and O–H groups in total. The number of carbonyl (C=O) groups excluding carboxylic acids is 1. The van der Waals surface area contributed by atoms with E-state index in [0.717, 1.165) is 21.8 Å². The van der Waals surface area contributed by atoms with Crippen LogP contribution in [0, 0.1) is 0 Å². The first-order valence-corrected chi connectivity index (χ1v) is 6.93. The van der Waals surface area contributed by atoms with Crippen molar-refractivity contribution in [3.63, 3.8) is 0 Å². The van der Waals surface area contributed by atoms with E-state index in [2.05, 4.69) is 26.3 Å². The first-order chi connectivity index (χ1) is 9.11. The van der Waals surface area contributed by atoms with Crippen molar-refractivity contribution < 1.29 is 9.53 Å². The highest BCUT2D eigenvalue weighted by molar-refractivity contribution is 9.10. The number of fused-ring (bicyclic) bond motifs is 1. The van der Waals surface area contributed by atoms with E-state index < -0.39 is 0 Å². The Hall–Kier alpha value is -1.56. The minimum atomic E-state index is -0.129. The van der Waals surface area contributed by atoms with E-state index in [4.69, 9.17) is 4.74 Å². The second-order valence-corrected chi connectivity index (χ2v) is 5.14. The van der Waals surface area contributed by atoms with E-state index in [-0.39, 0.29) is 12.5 Å². The molecule has 5 nitrogen and oxygen atoms in total. The Kier molecular flexibility index (Phi) is 4.42. The fraction of sp³-hybridized carbons (Fsp3) is 0.385. The number of nitrogens with one attached hydrogen (secondary N) is 1. The molecule has 102 valence electrons. The van der Waals surface area contributed by atoms with Gasteiger partial charge in [-0.15, -0.1) is 5.10 Å². The Morgan fingerprint density at radius 3 is 3.05 bits per heavy atom. The Balaban J connectivity index is 2.12. The van der Waals surface area contributed by atoms with Crippen LogP contribution in [-0.2, 0) is 11.8 Å². The summed E-state index contributed by atoms with van der Waals surface area (Å²) in [5.41, 5.74) is 0.965. The minimum Gasteiger partial charge on any atom is -0.466 e. The second-order valence-electron chi connectivity index (χ2n) is 4.23. The number of ether oxygens (including phenoxy) is 1. The van der Waals surface area contributed by atoms with Gasteiger partial charge in [0.2, 0.25) is 5.88 Å². The van der Waals surface area contributed by atoms with Gasteiger partial charge in [0, 0.05) is 18.1 Å². The van der Waals surface area contributed by atoms with E-state index in [1.54, 1.807) is 4.68 Å². The molecule has 1 amide bonds. The van der Waals surface area contributed by atoms with E-state index >= 15 is 0 Å². The van der Waals surface area contributed by atoms with Gasteiger partial charge in [-0.25, -0.2) is 0 Å². The Morgan fingerprint density at radius 1 is 1.53 bits per heavy atom. The number of benzene rings is 1. The van der Waals surface area contributed by atoms with Crippen molar-refractivity contribution in [1.82, 2.24) is 15.1 Å². The Morgan fingerprint density at radius 2 is 2.32 bits per heavy atom. The second kappa shape index (κ2) is 6.06. The molecule has 0 aliphatic carbocycles. The SMILES string of the molecule is CCCNC(=O)COc1nn(C)c2ccc(Br)cc12. The lowest BCUT2D eigenvalue weighted by Gasteiger charge is -2.04. The summed E-state index contributed by atoms with van der Waals surface area (Å²) in [6.07, 6.45) is 0.908. The normalized spacial score (nSPS) is 10.7. The van der Waals surface area contributed by atoms with E-state index in [0.29, 0.717) is 12.4 Å². The molecule has 0 atom stereocenters. The number of rotatable bonds is 5. The van der Waals surface area contributed by atoms with Crippen LogP contribution in [0.3, 0.4) is 0 Å². The molecule has 0 radical (unpaired) electrons. The minimum absolute atomic E-state index is 0.0153. The number of amides is 1. The Bertz CT molecular complexity index is 595. The number of aryl methyl sites for hydroxylation is 1. The lowest BCUT2D eigenvalue weighted by Crippen LogP contribution is -2.29. The van der Waals surface area contributed by atoms with Crippen molar-refractivity contribution >= 4 is 32.7 Å². The maximum Gasteiger partial charge on any atom is 0.258 e. The van der Waals surface area contributed by atoms with Crippen LogP contribution in [0.25, 0.3) is 10.9 Å². The summed E-state index contributed by atoms with van der Waals surface area (Å²) >= 11 is 3.42. The number of aromatic nitrogens is 2. The average Bonchev–Trinajstić information content (AvgIpc) is 2.70. The maximum atomic E-state index is 11.5. The fourth-order valence-corrected chi connectivity index (χ4v) is 2.12. The molecule has 19 heavy (non-hydrogen) atoms. The predicted octanol–water partition coefficient (Wildman–Crippen LogP) is 2.24. The summed E-state index contributed by atoms with van der Waals surface area (Å²) in [5, 5.41) is 7.93. The van der Waals surface area contributed by atoms with Crippen molar-refractivity contribution in [2.24, 2.45) is 7.05 Å². The molecule has 0 spiro atoms. The maximum absolute atomic E-state index is 11.5. The highest BCUT2D eigenvalue weighted by atomic mass is 79.9. The van der Waals surface area contributed by atoms with Crippen LogP contribution in [0.5, 0.6) is 5.88 Å². The van der Waals surface area contributed by atoms with Crippen molar-refractivity contribution in [3.8, 4) is 5.88 Å². The first kappa shape index (κ1) is 13.9. The molecule has 0 fully saturated rings. The quantitative estimate of drug-likeness (QED) is 0.917. The van der Waals surface area contributed by atoms with Gasteiger partial charge in [0.1, 0.15) is 0 Å².